The van der Waals surface area contributed by atoms with E-state index in [0.717, 1.165) is 12.1 Å². The molecule has 5 heteroatoms. The van der Waals surface area contributed by atoms with E-state index in [9.17, 15) is 13.0 Å². The lowest BCUT2D eigenvalue weighted by atomic mass is 9.85. The molecule has 2 aliphatic carbocycles. The molecule has 2 fully saturated rings. The SMILES string of the molecule is CCCS(=O)(=O)[O-].CC[N+](CC)(C1CCCCC1)C1CCCCC1. The van der Waals surface area contributed by atoms with E-state index in [0.29, 0.717) is 6.42 Å². The van der Waals surface area contributed by atoms with E-state index in [1.54, 1.807) is 6.92 Å². The van der Waals surface area contributed by atoms with Crippen molar-refractivity contribution in [3.8, 4) is 0 Å². The molecule has 4 nitrogen and oxygen atoms in total. The second kappa shape index (κ2) is 10.8. The monoisotopic (exact) mass is 361 g/mol. The van der Waals surface area contributed by atoms with Gasteiger partial charge in [0.2, 0.25) is 0 Å². The van der Waals surface area contributed by atoms with Crippen molar-refractivity contribution in [1.82, 2.24) is 0 Å². The Kier molecular flexibility index (Phi) is 9.83. The Bertz CT molecular complexity index is 400. The molecule has 0 saturated heterocycles. The summed E-state index contributed by atoms with van der Waals surface area (Å²) in [6, 6.07) is 2.00. The Labute approximate surface area is 150 Å². The van der Waals surface area contributed by atoms with E-state index in [-0.39, 0.29) is 5.75 Å². The van der Waals surface area contributed by atoms with E-state index in [1.807, 2.05) is 0 Å². The molecule has 144 valence electrons. The first-order valence-corrected chi connectivity index (χ1v) is 11.8. The third kappa shape index (κ3) is 6.64. The molecule has 0 spiro atoms. The van der Waals surface area contributed by atoms with Gasteiger partial charge in [-0.05, 0) is 71.6 Å². The Morgan fingerprint density at radius 1 is 0.792 bits per heavy atom. The molecule has 0 aromatic carbocycles. The Morgan fingerprint density at radius 3 is 1.38 bits per heavy atom. The minimum atomic E-state index is -3.92. The Hall–Kier alpha value is -0.130. The molecule has 2 aliphatic rings. The van der Waals surface area contributed by atoms with Crippen LogP contribution in [0.4, 0.5) is 0 Å². The lowest BCUT2D eigenvalue weighted by molar-refractivity contribution is -0.972. The summed E-state index contributed by atoms with van der Waals surface area (Å²) in [4.78, 5) is 0. The second-order valence-corrected chi connectivity index (χ2v) is 9.10. The standard InChI is InChI=1S/C16H32N.C3H8O3S/c1-3-17(4-2,15-11-7-5-8-12-15)16-13-9-6-10-14-16;1-2-3-7(4,5)6/h15-16H,3-14H2,1-2H3;2-3H2,1H3,(H,4,5,6)/q+1;/p-1. The van der Waals surface area contributed by atoms with Crippen molar-refractivity contribution in [2.75, 3.05) is 18.8 Å². The number of quaternary nitrogens is 1. The fourth-order valence-electron chi connectivity index (χ4n) is 5.00. The topological polar surface area (TPSA) is 57.2 Å². The van der Waals surface area contributed by atoms with Gasteiger partial charge in [0.15, 0.2) is 0 Å². The van der Waals surface area contributed by atoms with E-state index >= 15 is 0 Å². The number of nitrogens with zero attached hydrogens (tertiary/aromatic N) is 1. The van der Waals surface area contributed by atoms with Crippen LogP contribution in [0.2, 0.25) is 0 Å². The Balaban J connectivity index is 0.000000351. The van der Waals surface area contributed by atoms with Crippen LogP contribution in [0, 0.1) is 0 Å². The van der Waals surface area contributed by atoms with Crippen molar-refractivity contribution < 1.29 is 17.5 Å². The summed E-state index contributed by atoms with van der Waals surface area (Å²) in [5, 5.41) is 0. The van der Waals surface area contributed by atoms with Crippen LogP contribution in [0.25, 0.3) is 0 Å². The van der Waals surface area contributed by atoms with Gasteiger partial charge < -0.3 is 9.04 Å². The lowest BCUT2D eigenvalue weighted by Gasteiger charge is -2.51. The van der Waals surface area contributed by atoms with Crippen LogP contribution in [0.3, 0.4) is 0 Å². The van der Waals surface area contributed by atoms with E-state index in [1.165, 1.54) is 81.8 Å². The Morgan fingerprint density at radius 2 is 1.17 bits per heavy atom. The lowest BCUT2D eigenvalue weighted by Crippen LogP contribution is -2.62. The van der Waals surface area contributed by atoms with Crippen molar-refractivity contribution in [3.05, 3.63) is 0 Å². The smallest absolute Gasteiger partial charge is 0.0945 e. The predicted octanol–water partition coefficient (Wildman–Crippen LogP) is 4.45. The van der Waals surface area contributed by atoms with Crippen molar-refractivity contribution >= 4 is 10.1 Å². The summed E-state index contributed by atoms with van der Waals surface area (Å²) >= 11 is 0. The fourth-order valence-corrected chi connectivity index (χ4v) is 5.50. The predicted molar refractivity (Wildman–Crippen MR) is 99.9 cm³/mol. The van der Waals surface area contributed by atoms with Gasteiger partial charge in [0.25, 0.3) is 0 Å². The highest BCUT2D eigenvalue weighted by Gasteiger charge is 2.41. The average molecular weight is 362 g/mol. The molecule has 0 aliphatic heterocycles. The molecule has 0 unspecified atom stereocenters. The van der Waals surface area contributed by atoms with Gasteiger partial charge >= 0.3 is 0 Å². The van der Waals surface area contributed by atoms with E-state index in [4.69, 9.17) is 0 Å². The molecule has 0 radical (unpaired) electrons. The van der Waals surface area contributed by atoms with E-state index in [2.05, 4.69) is 13.8 Å². The highest BCUT2D eigenvalue weighted by molar-refractivity contribution is 7.85. The van der Waals surface area contributed by atoms with Crippen molar-refractivity contribution in [2.45, 2.75) is 103 Å². The van der Waals surface area contributed by atoms with Gasteiger partial charge in [-0.3, -0.25) is 0 Å². The maximum absolute atomic E-state index is 9.68. The first-order valence-electron chi connectivity index (χ1n) is 10.2. The molecule has 24 heavy (non-hydrogen) atoms. The van der Waals surface area contributed by atoms with Gasteiger partial charge in [-0.1, -0.05) is 19.8 Å². The van der Waals surface area contributed by atoms with Crippen LogP contribution in [0.5, 0.6) is 0 Å². The maximum atomic E-state index is 9.68. The number of hydrogen-bond acceptors (Lipinski definition) is 3. The molecule has 2 saturated carbocycles. The van der Waals surface area contributed by atoms with E-state index < -0.39 is 10.1 Å². The molecule has 0 N–H and O–H groups in total. The zero-order valence-corrected chi connectivity index (χ0v) is 17.0. The summed E-state index contributed by atoms with van der Waals surface area (Å²) in [6.07, 6.45) is 15.4. The zero-order valence-electron chi connectivity index (χ0n) is 16.1. The summed E-state index contributed by atoms with van der Waals surface area (Å²) in [6.45, 7) is 9.31. The molecule has 0 aromatic rings. The van der Waals surface area contributed by atoms with Gasteiger partial charge in [-0.2, -0.15) is 0 Å². The van der Waals surface area contributed by atoms with Crippen LogP contribution in [0.1, 0.15) is 91.4 Å². The molecule has 0 heterocycles. The van der Waals surface area contributed by atoms with Crippen LogP contribution >= 0.6 is 0 Å². The van der Waals surface area contributed by atoms with Gasteiger partial charge in [0.05, 0.1) is 35.3 Å². The fraction of sp³-hybridized carbons (Fsp3) is 1.00. The van der Waals surface area contributed by atoms with Gasteiger partial charge in [-0.25, -0.2) is 8.42 Å². The third-order valence-electron chi connectivity index (χ3n) is 6.24. The van der Waals surface area contributed by atoms with Gasteiger partial charge in [0, 0.05) is 5.75 Å². The summed E-state index contributed by atoms with van der Waals surface area (Å²) in [5.74, 6) is -0.243. The molecule has 0 bridgehead atoms. The average Bonchev–Trinajstić information content (AvgIpc) is 2.58. The first-order chi connectivity index (χ1) is 11.4. The summed E-state index contributed by atoms with van der Waals surface area (Å²) in [5.41, 5.74) is 0. The van der Waals surface area contributed by atoms with Crippen LogP contribution in [-0.2, 0) is 10.1 Å². The summed E-state index contributed by atoms with van der Waals surface area (Å²) < 4.78 is 30.5. The minimum absolute atomic E-state index is 0.243. The maximum Gasteiger partial charge on any atom is 0.0945 e. The van der Waals surface area contributed by atoms with Crippen molar-refractivity contribution in [3.63, 3.8) is 0 Å². The zero-order chi connectivity index (χ0) is 18.1. The van der Waals surface area contributed by atoms with Crippen LogP contribution < -0.4 is 0 Å². The number of hydrogen-bond donors (Lipinski definition) is 0. The summed E-state index contributed by atoms with van der Waals surface area (Å²) in [7, 11) is -3.92. The van der Waals surface area contributed by atoms with Crippen molar-refractivity contribution in [1.29, 1.82) is 0 Å². The third-order valence-corrected chi connectivity index (χ3v) is 7.14. The molecule has 0 aromatic heterocycles. The van der Waals surface area contributed by atoms with Crippen molar-refractivity contribution in [2.24, 2.45) is 0 Å². The highest BCUT2D eigenvalue weighted by Crippen LogP contribution is 2.36. The van der Waals surface area contributed by atoms with Gasteiger partial charge in [-0.15, -0.1) is 0 Å². The van der Waals surface area contributed by atoms with Crippen LogP contribution in [0.15, 0.2) is 0 Å². The molecule has 0 amide bonds. The molecular formula is C19H39NO3S. The minimum Gasteiger partial charge on any atom is -0.748 e. The number of rotatable bonds is 6. The van der Waals surface area contributed by atoms with Gasteiger partial charge in [0.1, 0.15) is 0 Å². The quantitative estimate of drug-likeness (QED) is 0.519. The molecular weight excluding hydrogens is 322 g/mol. The first kappa shape index (κ1) is 21.9. The molecule has 0 atom stereocenters. The highest BCUT2D eigenvalue weighted by atomic mass is 32.2. The molecule has 2 rings (SSSR count). The normalized spacial score (nSPS) is 21.2. The largest absolute Gasteiger partial charge is 0.748 e. The second-order valence-electron chi connectivity index (χ2n) is 7.58. The van der Waals surface area contributed by atoms with Crippen LogP contribution in [-0.4, -0.2) is 48.4 Å².